The molecule has 1 N–H and O–H groups in total. The van der Waals surface area contributed by atoms with Gasteiger partial charge in [0, 0.05) is 41.5 Å². The summed E-state index contributed by atoms with van der Waals surface area (Å²) in [7, 11) is 0. The number of anilines is 1. The lowest BCUT2D eigenvalue weighted by Crippen LogP contribution is -2.28. The minimum absolute atomic E-state index is 0.0178. The van der Waals surface area contributed by atoms with Gasteiger partial charge < -0.3 is 10.2 Å². The van der Waals surface area contributed by atoms with E-state index in [4.69, 9.17) is 0 Å². The van der Waals surface area contributed by atoms with Gasteiger partial charge >= 0.3 is 0 Å². The number of likely N-dealkylation sites (tertiary alicyclic amines) is 1. The maximum absolute atomic E-state index is 12.7. The molecule has 7 heteroatoms. The van der Waals surface area contributed by atoms with Crippen molar-refractivity contribution >= 4 is 29.3 Å². The summed E-state index contributed by atoms with van der Waals surface area (Å²) in [5, 5.41) is 3.65. The van der Waals surface area contributed by atoms with E-state index < -0.39 is 0 Å². The number of amides is 2. The predicted octanol–water partition coefficient (Wildman–Crippen LogP) is 4.23. The number of rotatable bonds is 6. The van der Waals surface area contributed by atoms with Gasteiger partial charge in [-0.15, -0.1) is 0 Å². The number of hydrogen-bond donors (Lipinski definition) is 1. The summed E-state index contributed by atoms with van der Waals surface area (Å²) in [5.74, 6) is -0.444. The highest BCUT2D eigenvalue weighted by molar-refractivity contribution is 7.99. The number of carbonyl (C=O) groups excluding carboxylic acids is 2. The number of carbonyl (C=O) groups is 2. The van der Waals surface area contributed by atoms with Gasteiger partial charge in [0.1, 0.15) is 0 Å². The Morgan fingerprint density at radius 2 is 1.74 bits per heavy atom. The van der Waals surface area contributed by atoms with E-state index in [1.54, 1.807) is 4.90 Å². The monoisotopic (exact) mass is 432 g/mol. The van der Waals surface area contributed by atoms with Crippen molar-refractivity contribution in [3.05, 3.63) is 77.6 Å². The van der Waals surface area contributed by atoms with Crippen molar-refractivity contribution in [2.75, 3.05) is 11.9 Å². The Morgan fingerprint density at radius 3 is 2.42 bits per heavy atom. The zero-order valence-electron chi connectivity index (χ0n) is 17.5. The molecule has 1 saturated heterocycles. The molecule has 1 fully saturated rings. The molecule has 1 atom stereocenters. The first-order chi connectivity index (χ1) is 15.0. The van der Waals surface area contributed by atoms with Crippen LogP contribution in [0.1, 0.15) is 23.4 Å². The largest absolute Gasteiger partial charge is 0.338 e. The molecule has 1 aliphatic rings. The lowest BCUT2D eigenvalue weighted by molar-refractivity contribution is -0.128. The summed E-state index contributed by atoms with van der Waals surface area (Å²) in [5.41, 5.74) is 3.65. The Labute approximate surface area is 186 Å². The van der Waals surface area contributed by atoms with Gasteiger partial charge in [-0.05, 0) is 61.5 Å². The summed E-state index contributed by atoms with van der Waals surface area (Å²) in [6, 6.07) is 19.4. The third-order valence-corrected chi connectivity index (χ3v) is 5.97. The summed E-state index contributed by atoms with van der Waals surface area (Å²) in [6.45, 7) is 4.88. The average molecular weight is 433 g/mol. The second kappa shape index (κ2) is 9.31. The summed E-state index contributed by atoms with van der Waals surface area (Å²) in [6.07, 6.45) is 0.247. The Balaban J connectivity index is 1.34. The molecule has 2 aromatic carbocycles. The standard InChI is InChI=1S/C24H24N4O2S/c1-16-12-17(2)26-24(25-16)31-21-10-8-20(9-11-21)27-23(30)19-13-22(29)28(15-19)14-18-6-4-3-5-7-18/h3-12,19H,13-15H2,1-2H3,(H,27,30). The molecule has 2 amide bonds. The van der Waals surface area contributed by atoms with Crippen LogP contribution in [0.25, 0.3) is 0 Å². The van der Waals surface area contributed by atoms with Crippen LogP contribution in [0, 0.1) is 19.8 Å². The fourth-order valence-electron chi connectivity index (χ4n) is 3.60. The van der Waals surface area contributed by atoms with Crippen LogP contribution in [0.5, 0.6) is 0 Å². The lowest BCUT2D eigenvalue weighted by Gasteiger charge is -2.16. The van der Waals surface area contributed by atoms with Gasteiger partial charge in [0.15, 0.2) is 5.16 Å². The molecular formula is C24H24N4O2S. The lowest BCUT2D eigenvalue weighted by atomic mass is 10.1. The summed E-state index contributed by atoms with van der Waals surface area (Å²) in [4.78, 5) is 36.7. The Hall–Kier alpha value is -3.19. The van der Waals surface area contributed by atoms with Crippen molar-refractivity contribution in [1.29, 1.82) is 0 Å². The highest BCUT2D eigenvalue weighted by atomic mass is 32.2. The number of hydrogen-bond acceptors (Lipinski definition) is 5. The van der Waals surface area contributed by atoms with E-state index in [2.05, 4.69) is 15.3 Å². The maximum Gasteiger partial charge on any atom is 0.229 e. The smallest absolute Gasteiger partial charge is 0.229 e. The zero-order valence-corrected chi connectivity index (χ0v) is 18.4. The van der Waals surface area contributed by atoms with E-state index in [0.29, 0.717) is 23.9 Å². The van der Waals surface area contributed by atoms with Crippen molar-refractivity contribution in [2.45, 2.75) is 36.9 Å². The maximum atomic E-state index is 12.7. The van der Waals surface area contributed by atoms with Crippen LogP contribution in [0.3, 0.4) is 0 Å². The molecule has 0 aliphatic carbocycles. The summed E-state index contributed by atoms with van der Waals surface area (Å²) < 4.78 is 0. The fraction of sp³-hybridized carbons (Fsp3) is 0.250. The second-order valence-corrected chi connectivity index (χ2v) is 8.75. The van der Waals surface area contributed by atoms with E-state index >= 15 is 0 Å². The Bertz CT molecular complexity index is 1070. The topological polar surface area (TPSA) is 75.2 Å². The van der Waals surface area contributed by atoms with E-state index in [1.165, 1.54) is 11.8 Å². The van der Waals surface area contributed by atoms with E-state index in [-0.39, 0.29) is 24.2 Å². The quantitative estimate of drug-likeness (QED) is 0.590. The van der Waals surface area contributed by atoms with Gasteiger partial charge in [-0.1, -0.05) is 30.3 Å². The van der Waals surface area contributed by atoms with Crippen LogP contribution in [-0.2, 0) is 16.1 Å². The van der Waals surface area contributed by atoms with E-state index in [1.807, 2.05) is 74.5 Å². The van der Waals surface area contributed by atoms with Crippen LogP contribution in [0.15, 0.2) is 70.7 Å². The Morgan fingerprint density at radius 1 is 1.06 bits per heavy atom. The molecule has 1 unspecified atom stereocenters. The van der Waals surface area contributed by atoms with Crippen molar-refractivity contribution in [1.82, 2.24) is 14.9 Å². The molecule has 1 aliphatic heterocycles. The minimum Gasteiger partial charge on any atom is -0.338 e. The van der Waals surface area contributed by atoms with Crippen molar-refractivity contribution < 1.29 is 9.59 Å². The highest BCUT2D eigenvalue weighted by Gasteiger charge is 2.34. The molecule has 1 aromatic heterocycles. The third-order valence-electron chi connectivity index (χ3n) is 5.09. The number of nitrogens with one attached hydrogen (secondary N) is 1. The molecular weight excluding hydrogens is 408 g/mol. The number of aryl methyl sites for hydroxylation is 2. The average Bonchev–Trinajstić information content (AvgIpc) is 3.10. The zero-order chi connectivity index (χ0) is 21.8. The van der Waals surface area contributed by atoms with Gasteiger partial charge in [-0.3, -0.25) is 9.59 Å². The van der Waals surface area contributed by atoms with Crippen LogP contribution < -0.4 is 5.32 Å². The van der Waals surface area contributed by atoms with Crippen molar-refractivity contribution in [3.63, 3.8) is 0 Å². The van der Waals surface area contributed by atoms with Gasteiger partial charge in [0.2, 0.25) is 11.8 Å². The molecule has 0 saturated carbocycles. The summed E-state index contributed by atoms with van der Waals surface area (Å²) >= 11 is 1.48. The third kappa shape index (κ3) is 5.49. The van der Waals surface area contributed by atoms with Gasteiger partial charge in [0.05, 0.1) is 5.92 Å². The number of nitrogens with zero attached hydrogens (tertiary/aromatic N) is 3. The normalized spacial score (nSPS) is 15.9. The molecule has 0 bridgehead atoms. The molecule has 6 nitrogen and oxygen atoms in total. The van der Waals surface area contributed by atoms with Crippen LogP contribution in [0.4, 0.5) is 5.69 Å². The minimum atomic E-state index is -0.339. The first kappa shape index (κ1) is 21.1. The first-order valence-electron chi connectivity index (χ1n) is 10.2. The van der Waals surface area contributed by atoms with Gasteiger partial charge in [0.25, 0.3) is 0 Å². The SMILES string of the molecule is Cc1cc(C)nc(Sc2ccc(NC(=O)C3CC(=O)N(Cc4ccccc4)C3)cc2)n1. The second-order valence-electron chi connectivity index (χ2n) is 7.71. The van der Waals surface area contributed by atoms with E-state index in [0.717, 1.165) is 21.8 Å². The van der Waals surface area contributed by atoms with E-state index in [9.17, 15) is 9.59 Å². The predicted molar refractivity (Wildman–Crippen MR) is 121 cm³/mol. The molecule has 158 valence electrons. The Kier molecular flexibility index (Phi) is 6.32. The number of benzene rings is 2. The molecule has 2 heterocycles. The first-order valence-corrected chi connectivity index (χ1v) is 11.0. The fourth-order valence-corrected chi connectivity index (χ4v) is 4.46. The van der Waals surface area contributed by atoms with Crippen LogP contribution in [-0.4, -0.2) is 33.2 Å². The molecule has 0 spiro atoms. The number of aromatic nitrogens is 2. The van der Waals surface area contributed by atoms with Crippen LogP contribution >= 0.6 is 11.8 Å². The van der Waals surface area contributed by atoms with Gasteiger partial charge in [-0.25, -0.2) is 9.97 Å². The van der Waals surface area contributed by atoms with Crippen molar-refractivity contribution in [2.24, 2.45) is 5.92 Å². The van der Waals surface area contributed by atoms with Gasteiger partial charge in [-0.2, -0.15) is 0 Å². The van der Waals surface area contributed by atoms with Crippen molar-refractivity contribution in [3.8, 4) is 0 Å². The van der Waals surface area contributed by atoms with Crippen LogP contribution in [0.2, 0.25) is 0 Å². The molecule has 3 aromatic rings. The molecule has 0 radical (unpaired) electrons. The molecule has 4 rings (SSSR count). The highest BCUT2D eigenvalue weighted by Crippen LogP contribution is 2.27. The molecule has 31 heavy (non-hydrogen) atoms.